The Labute approximate surface area is 233 Å². The quantitative estimate of drug-likeness (QED) is 0.108. The van der Waals surface area contributed by atoms with E-state index in [0.717, 1.165) is 64.2 Å². The molecule has 2 saturated carbocycles. The van der Waals surface area contributed by atoms with Gasteiger partial charge >= 0.3 is 27.3 Å². The molecule has 0 atom stereocenters. The Morgan fingerprint density at radius 3 is 1.95 bits per heavy atom. The summed E-state index contributed by atoms with van der Waals surface area (Å²) in [4.78, 5) is 12.7. The van der Waals surface area contributed by atoms with Crippen LogP contribution >= 0.6 is 22.6 Å². The van der Waals surface area contributed by atoms with Crippen LogP contribution in [-0.4, -0.2) is 47.9 Å². The highest BCUT2D eigenvalue weighted by Gasteiger charge is 2.65. The van der Waals surface area contributed by atoms with E-state index in [1.165, 1.54) is 12.1 Å². The standard InChI is InChI=1S/C25H33F4IO7S/c1-3-22(9-5-6-10-22)36-19-16-17(15-18(30)20(19)37-23(4-2)11-7-8-12-23)21(31)35-14-13-24(26,27)25(28,29)38(32,33)34/h15-16H,3-14H2,1-2H3,(H,32,33,34). The lowest BCUT2D eigenvalue weighted by Crippen LogP contribution is -2.47. The van der Waals surface area contributed by atoms with Gasteiger partial charge in [0.05, 0.1) is 22.2 Å². The van der Waals surface area contributed by atoms with Gasteiger partial charge in [0.1, 0.15) is 11.2 Å². The first-order chi connectivity index (χ1) is 17.6. The van der Waals surface area contributed by atoms with Crippen molar-refractivity contribution in [1.29, 1.82) is 0 Å². The number of halogens is 5. The molecule has 1 aromatic carbocycles. The van der Waals surface area contributed by atoms with E-state index in [4.69, 9.17) is 18.8 Å². The largest absolute Gasteiger partial charge is 0.483 e. The molecular formula is C25H33F4IO7S. The van der Waals surface area contributed by atoms with Gasteiger partial charge in [-0.2, -0.15) is 26.0 Å². The first-order valence-electron chi connectivity index (χ1n) is 12.7. The number of rotatable bonds is 12. The van der Waals surface area contributed by atoms with Crippen LogP contribution in [0.2, 0.25) is 0 Å². The summed E-state index contributed by atoms with van der Waals surface area (Å²) in [5.41, 5.74) is -0.857. The van der Waals surface area contributed by atoms with E-state index in [-0.39, 0.29) is 11.2 Å². The molecule has 0 aliphatic heterocycles. The van der Waals surface area contributed by atoms with Crippen LogP contribution in [0.5, 0.6) is 11.5 Å². The van der Waals surface area contributed by atoms with Crippen molar-refractivity contribution in [2.24, 2.45) is 0 Å². The van der Waals surface area contributed by atoms with Gasteiger partial charge in [0.15, 0.2) is 11.5 Å². The number of alkyl halides is 4. The minimum absolute atomic E-state index is 0.0529. The van der Waals surface area contributed by atoms with Crippen molar-refractivity contribution in [3.8, 4) is 11.5 Å². The third kappa shape index (κ3) is 6.51. The zero-order valence-corrected chi connectivity index (χ0v) is 24.3. The summed E-state index contributed by atoms with van der Waals surface area (Å²) in [6, 6.07) is 2.86. The molecule has 0 amide bonds. The maximum atomic E-state index is 13.8. The summed E-state index contributed by atoms with van der Waals surface area (Å²) in [6.45, 7) is 2.86. The van der Waals surface area contributed by atoms with Crippen LogP contribution in [0.3, 0.4) is 0 Å². The highest BCUT2D eigenvalue weighted by molar-refractivity contribution is 14.1. The van der Waals surface area contributed by atoms with Crippen molar-refractivity contribution < 1.29 is 49.5 Å². The Balaban J connectivity index is 1.85. The Morgan fingerprint density at radius 1 is 0.974 bits per heavy atom. The van der Waals surface area contributed by atoms with Crippen LogP contribution in [0.15, 0.2) is 12.1 Å². The fourth-order valence-corrected chi connectivity index (χ4v) is 6.29. The van der Waals surface area contributed by atoms with Gasteiger partial charge in [-0.1, -0.05) is 13.8 Å². The normalized spacial score (nSPS) is 19.4. The average molecular weight is 680 g/mol. The molecule has 0 radical (unpaired) electrons. The Bertz CT molecular complexity index is 1110. The molecule has 1 N–H and O–H groups in total. The maximum Gasteiger partial charge on any atom is 0.431 e. The predicted octanol–water partition coefficient (Wildman–Crippen LogP) is 7.16. The minimum atomic E-state index is -6.37. The topological polar surface area (TPSA) is 99.1 Å². The number of benzene rings is 1. The smallest absolute Gasteiger partial charge is 0.431 e. The van der Waals surface area contributed by atoms with Crippen LogP contribution in [-0.2, 0) is 14.9 Å². The van der Waals surface area contributed by atoms with E-state index < -0.39 is 45.9 Å². The number of ether oxygens (including phenoxy) is 3. The molecule has 1 aromatic rings. The summed E-state index contributed by atoms with van der Waals surface area (Å²) in [6.07, 6.45) is 7.15. The second-order valence-electron chi connectivity index (χ2n) is 10.1. The van der Waals surface area contributed by atoms with Crippen LogP contribution < -0.4 is 9.47 Å². The summed E-state index contributed by atoms with van der Waals surface area (Å²) in [5, 5.41) is -5.73. The maximum absolute atomic E-state index is 13.8. The second-order valence-corrected chi connectivity index (χ2v) is 12.7. The van der Waals surface area contributed by atoms with Gasteiger partial charge in [-0.25, -0.2) is 4.79 Å². The number of esters is 1. The molecule has 38 heavy (non-hydrogen) atoms. The number of carbonyl (C=O) groups excluding carboxylic acids is 1. The third-order valence-electron chi connectivity index (χ3n) is 7.61. The molecule has 0 spiro atoms. The average Bonchev–Trinajstić information content (AvgIpc) is 3.50. The lowest BCUT2D eigenvalue weighted by molar-refractivity contribution is -0.168. The lowest BCUT2D eigenvalue weighted by atomic mass is 9.98. The fraction of sp³-hybridized carbons (Fsp3) is 0.720. The van der Waals surface area contributed by atoms with Crippen molar-refractivity contribution in [1.82, 2.24) is 0 Å². The molecule has 2 fully saturated rings. The van der Waals surface area contributed by atoms with Gasteiger partial charge < -0.3 is 14.2 Å². The SMILES string of the molecule is CCC1(Oc2cc(C(=O)OCCC(F)(F)C(F)(F)S(=O)(=O)O)cc(I)c2OC2(CC)CCCC2)CCCC1. The summed E-state index contributed by atoms with van der Waals surface area (Å²) in [5.74, 6) is -5.42. The van der Waals surface area contributed by atoms with Gasteiger partial charge in [0.25, 0.3) is 0 Å². The van der Waals surface area contributed by atoms with E-state index in [1.54, 1.807) is 0 Å². The van der Waals surface area contributed by atoms with Gasteiger partial charge in [-0.05, 0) is 98.9 Å². The van der Waals surface area contributed by atoms with Crippen LogP contribution in [0.25, 0.3) is 0 Å². The molecule has 13 heteroatoms. The molecule has 3 rings (SSSR count). The Hall–Kier alpha value is -1.35. The molecule has 7 nitrogen and oxygen atoms in total. The van der Waals surface area contributed by atoms with Crippen LogP contribution in [0.4, 0.5) is 17.6 Å². The third-order valence-corrected chi connectivity index (χ3v) is 9.36. The van der Waals surface area contributed by atoms with Gasteiger partial charge in [0, 0.05) is 0 Å². The van der Waals surface area contributed by atoms with Crippen molar-refractivity contribution >= 4 is 38.7 Å². The van der Waals surface area contributed by atoms with Gasteiger partial charge in [0.2, 0.25) is 0 Å². The van der Waals surface area contributed by atoms with E-state index in [2.05, 4.69) is 6.92 Å². The Morgan fingerprint density at radius 2 is 1.47 bits per heavy atom. The first-order valence-corrected chi connectivity index (χ1v) is 15.2. The van der Waals surface area contributed by atoms with Crippen LogP contribution in [0, 0.1) is 3.57 Å². The summed E-state index contributed by atoms with van der Waals surface area (Å²) < 4.78 is 103. The van der Waals surface area contributed by atoms with Crippen molar-refractivity contribution in [2.45, 2.75) is 107 Å². The van der Waals surface area contributed by atoms with Gasteiger partial charge in [-0.3, -0.25) is 4.55 Å². The Kier molecular flexibility index (Phi) is 9.55. The summed E-state index contributed by atoms with van der Waals surface area (Å²) >= 11 is 2.00. The highest BCUT2D eigenvalue weighted by Crippen LogP contribution is 2.46. The van der Waals surface area contributed by atoms with E-state index in [1.807, 2.05) is 29.5 Å². The van der Waals surface area contributed by atoms with Crippen molar-refractivity contribution in [3.05, 3.63) is 21.3 Å². The van der Waals surface area contributed by atoms with E-state index in [0.29, 0.717) is 15.1 Å². The van der Waals surface area contributed by atoms with Crippen LogP contribution in [0.1, 0.15) is 94.8 Å². The van der Waals surface area contributed by atoms with Gasteiger partial charge in [-0.15, -0.1) is 0 Å². The number of hydrogen-bond donors (Lipinski definition) is 1. The molecule has 0 heterocycles. The molecule has 0 saturated heterocycles. The molecule has 0 aromatic heterocycles. The monoisotopic (exact) mass is 680 g/mol. The number of carbonyl (C=O) groups is 1. The zero-order chi connectivity index (χ0) is 28.4. The lowest BCUT2D eigenvalue weighted by Gasteiger charge is -2.34. The molecule has 0 unspecified atom stereocenters. The minimum Gasteiger partial charge on any atom is -0.483 e. The molecule has 2 aliphatic carbocycles. The fourth-order valence-electron chi connectivity index (χ4n) is 5.09. The second kappa shape index (κ2) is 11.6. The molecule has 216 valence electrons. The highest BCUT2D eigenvalue weighted by atomic mass is 127. The van der Waals surface area contributed by atoms with E-state index >= 15 is 0 Å². The zero-order valence-electron chi connectivity index (χ0n) is 21.3. The van der Waals surface area contributed by atoms with Crippen molar-refractivity contribution in [2.75, 3.05) is 6.61 Å². The predicted molar refractivity (Wildman–Crippen MR) is 140 cm³/mol. The molecule has 0 bridgehead atoms. The number of hydrogen-bond acceptors (Lipinski definition) is 6. The molecular weight excluding hydrogens is 647 g/mol. The summed E-state index contributed by atoms with van der Waals surface area (Å²) in [7, 11) is -6.37. The first kappa shape index (κ1) is 31.2. The van der Waals surface area contributed by atoms with Crippen molar-refractivity contribution in [3.63, 3.8) is 0 Å². The van der Waals surface area contributed by atoms with E-state index in [9.17, 15) is 30.8 Å². The molecule has 2 aliphatic rings.